The smallest absolute Gasteiger partial charge is 0.408 e. The number of rotatable bonds is 2. The van der Waals surface area contributed by atoms with Gasteiger partial charge in [-0.3, -0.25) is 0 Å². The zero-order chi connectivity index (χ0) is 12.7. The van der Waals surface area contributed by atoms with E-state index in [0.29, 0.717) is 6.54 Å². The lowest BCUT2D eigenvalue weighted by Gasteiger charge is -2.35. The van der Waals surface area contributed by atoms with Gasteiger partial charge in [0.15, 0.2) is 0 Å². The molecule has 3 atom stereocenters. The number of hydrogen-bond acceptors (Lipinski definition) is 4. The first-order valence-corrected chi connectivity index (χ1v) is 6.21. The molecule has 0 aliphatic carbocycles. The van der Waals surface area contributed by atoms with Crippen molar-refractivity contribution in [2.45, 2.75) is 63.4 Å². The fourth-order valence-electron chi connectivity index (χ4n) is 2.70. The Bertz CT molecular complexity index is 313. The molecule has 0 spiro atoms. The number of nitrogens with one attached hydrogen (secondary N) is 1. The van der Waals surface area contributed by atoms with Crippen LogP contribution in [0, 0.1) is 0 Å². The second-order valence-electron chi connectivity index (χ2n) is 6.02. The summed E-state index contributed by atoms with van der Waals surface area (Å²) in [5.74, 6) is 0. The fourth-order valence-corrected chi connectivity index (χ4v) is 2.70. The Hall–Kier alpha value is -0.810. The minimum Gasteiger partial charge on any atom is -0.444 e. The summed E-state index contributed by atoms with van der Waals surface area (Å²) in [6.45, 7) is 5.93. The number of ether oxygens (including phenoxy) is 2. The standard InChI is InChI=1S/C12H22N2O3/c1-11(2,3)17-10(15)14-12(7-13)6-8-4-5-9(12)16-8/h8-9H,4-7,13H2,1-3H3,(H,14,15). The van der Waals surface area contributed by atoms with Gasteiger partial charge in [-0.25, -0.2) is 4.79 Å². The molecule has 2 aliphatic rings. The zero-order valence-electron chi connectivity index (χ0n) is 10.8. The lowest BCUT2D eigenvalue weighted by atomic mass is 9.82. The van der Waals surface area contributed by atoms with Crippen molar-refractivity contribution in [3.8, 4) is 0 Å². The number of amides is 1. The molecule has 0 aromatic heterocycles. The minimum atomic E-state index is -0.488. The van der Waals surface area contributed by atoms with Gasteiger partial charge >= 0.3 is 6.09 Å². The van der Waals surface area contributed by atoms with Crippen LogP contribution in [0.15, 0.2) is 0 Å². The normalized spacial score (nSPS) is 36.0. The summed E-state index contributed by atoms with van der Waals surface area (Å²) in [7, 11) is 0. The van der Waals surface area contributed by atoms with Gasteiger partial charge in [0.05, 0.1) is 17.7 Å². The number of fused-ring (bicyclic) bond motifs is 2. The van der Waals surface area contributed by atoms with E-state index < -0.39 is 17.2 Å². The molecule has 0 aromatic carbocycles. The van der Waals surface area contributed by atoms with Crippen molar-refractivity contribution >= 4 is 6.09 Å². The van der Waals surface area contributed by atoms with E-state index in [2.05, 4.69) is 5.32 Å². The van der Waals surface area contributed by atoms with Crippen LogP contribution < -0.4 is 11.1 Å². The molecule has 5 heteroatoms. The summed E-state index contributed by atoms with van der Waals surface area (Å²) >= 11 is 0. The van der Waals surface area contributed by atoms with Crippen molar-refractivity contribution in [1.82, 2.24) is 5.32 Å². The zero-order valence-corrected chi connectivity index (χ0v) is 10.8. The SMILES string of the molecule is CC(C)(C)OC(=O)NC1(CN)CC2CCC1O2. The Morgan fingerprint density at radius 2 is 2.24 bits per heavy atom. The Morgan fingerprint density at radius 3 is 2.65 bits per heavy atom. The molecule has 2 aliphatic heterocycles. The van der Waals surface area contributed by atoms with Crippen LogP contribution in [0.4, 0.5) is 4.79 Å². The van der Waals surface area contributed by atoms with Crippen molar-refractivity contribution in [1.29, 1.82) is 0 Å². The molecular formula is C12H22N2O3. The van der Waals surface area contributed by atoms with Gasteiger partial charge in [-0.2, -0.15) is 0 Å². The van der Waals surface area contributed by atoms with Gasteiger partial charge in [0.1, 0.15) is 5.60 Å². The van der Waals surface area contributed by atoms with E-state index in [1.54, 1.807) is 0 Å². The lowest BCUT2D eigenvalue weighted by Crippen LogP contribution is -2.60. The van der Waals surface area contributed by atoms with E-state index in [9.17, 15) is 4.79 Å². The predicted molar refractivity (Wildman–Crippen MR) is 63.7 cm³/mol. The topological polar surface area (TPSA) is 73.6 Å². The molecule has 1 amide bonds. The highest BCUT2D eigenvalue weighted by molar-refractivity contribution is 5.69. The average molecular weight is 242 g/mol. The molecule has 0 radical (unpaired) electrons. The second kappa shape index (κ2) is 4.14. The van der Waals surface area contributed by atoms with Crippen LogP contribution in [0.3, 0.4) is 0 Å². The molecule has 0 saturated carbocycles. The van der Waals surface area contributed by atoms with Crippen LogP contribution >= 0.6 is 0 Å². The van der Waals surface area contributed by atoms with Crippen molar-refractivity contribution in [2.24, 2.45) is 5.73 Å². The summed E-state index contributed by atoms with van der Waals surface area (Å²) in [5.41, 5.74) is 4.90. The van der Waals surface area contributed by atoms with Gasteiger partial charge in [0, 0.05) is 13.0 Å². The third-order valence-electron chi connectivity index (χ3n) is 3.43. The fraction of sp³-hybridized carbons (Fsp3) is 0.917. The number of hydrogen-bond donors (Lipinski definition) is 2. The molecule has 3 unspecified atom stereocenters. The number of carbonyl (C=O) groups is 1. The number of alkyl carbamates (subject to hydrolysis) is 1. The van der Waals surface area contributed by atoms with E-state index in [-0.39, 0.29) is 12.2 Å². The second-order valence-corrected chi connectivity index (χ2v) is 6.02. The first kappa shape index (κ1) is 12.6. The molecule has 2 bridgehead atoms. The summed E-state index contributed by atoms with van der Waals surface area (Å²) in [5, 5.41) is 2.92. The Kier molecular flexibility index (Phi) is 3.08. The van der Waals surface area contributed by atoms with Crippen LogP contribution in [0.1, 0.15) is 40.0 Å². The summed E-state index contributed by atoms with van der Waals surface area (Å²) < 4.78 is 11.0. The third kappa shape index (κ3) is 2.55. The van der Waals surface area contributed by atoms with Crippen LogP contribution in [0.5, 0.6) is 0 Å². The predicted octanol–water partition coefficient (Wildman–Crippen LogP) is 1.16. The highest BCUT2D eigenvalue weighted by atomic mass is 16.6. The Balaban J connectivity index is 1.99. The quantitative estimate of drug-likeness (QED) is 0.762. The van der Waals surface area contributed by atoms with E-state index in [4.69, 9.17) is 15.2 Å². The van der Waals surface area contributed by atoms with Gasteiger partial charge in [-0.15, -0.1) is 0 Å². The lowest BCUT2D eigenvalue weighted by molar-refractivity contribution is 0.0355. The highest BCUT2D eigenvalue weighted by Gasteiger charge is 2.52. The van der Waals surface area contributed by atoms with Crippen LogP contribution in [-0.4, -0.2) is 36.0 Å². The van der Waals surface area contributed by atoms with E-state index >= 15 is 0 Å². The Labute approximate surface area is 102 Å². The first-order valence-electron chi connectivity index (χ1n) is 6.21. The minimum absolute atomic E-state index is 0.0463. The molecule has 2 heterocycles. The number of nitrogens with two attached hydrogens (primary N) is 1. The van der Waals surface area contributed by atoms with Crippen molar-refractivity contribution < 1.29 is 14.3 Å². The molecule has 5 nitrogen and oxygen atoms in total. The monoisotopic (exact) mass is 242 g/mol. The van der Waals surface area contributed by atoms with E-state index in [1.807, 2.05) is 20.8 Å². The highest BCUT2D eigenvalue weighted by Crippen LogP contribution is 2.41. The maximum Gasteiger partial charge on any atom is 0.408 e. The number of carbonyl (C=O) groups excluding carboxylic acids is 1. The van der Waals surface area contributed by atoms with Crippen molar-refractivity contribution in [3.63, 3.8) is 0 Å². The van der Waals surface area contributed by atoms with E-state index in [1.165, 1.54) is 0 Å². The molecule has 17 heavy (non-hydrogen) atoms. The van der Waals surface area contributed by atoms with Gasteiger partial charge in [-0.05, 0) is 33.6 Å². The summed E-state index contributed by atoms with van der Waals surface area (Å²) in [6.07, 6.45) is 2.73. The van der Waals surface area contributed by atoms with Gasteiger partial charge in [0.2, 0.25) is 0 Å². The summed E-state index contributed by atoms with van der Waals surface area (Å²) in [4.78, 5) is 11.8. The van der Waals surface area contributed by atoms with Gasteiger partial charge in [0.25, 0.3) is 0 Å². The van der Waals surface area contributed by atoms with Crippen molar-refractivity contribution in [3.05, 3.63) is 0 Å². The molecule has 2 saturated heterocycles. The molecule has 98 valence electrons. The van der Waals surface area contributed by atoms with Crippen LogP contribution in [0.2, 0.25) is 0 Å². The Morgan fingerprint density at radius 1 is 1.53 bits per heavy atom. The largest absolute Gasteiger partial charge is 0.444 e. The average Bonchev–Trinajstić information content (AvgIpc) is 2.74. The molecular weight excluding hydrogens is 220 g/mol. The maximum atomic E-state index is 11.8. The van der Waals surface area contributed by atoms with Crippen LogP contribution in [0.25, 0.3) is 0 Å². The van der Waals surface area contributed by atoms with E-state index in [0.717, 1.165) is 19.3 Å². The van der Waals surface area contributed by atoms with Crippen molar-refractivity contribution in [2.75, 3.05) is 6.54 Å². The van der Waals surface area contributed by atoms with Gasteiger partial charge in [-0.1, -0.05) is 0 Å². The first-order chi connectivity index (χ1) is 7.85. The summed E-state index contributed by atoms with van der Waals surface area (Å²) in [6, 6.07) is 0. The molecule has 3 N–H and O–H groups in total. The van der Waals surface area contributed by atoms with Crippen LogP contribution in [-0.2, 0) is 9.47 Å². The maximum absolute atomic E-state index is 11.8. The van der Waals surface area contributed by atoms with Gasteiger partial charge < -0.3 is 20.5 Å². The molecule has 0 aromatic rings. The molecule has 2 fully saturated rings. The third-order valence-corrected chi connectivity index (χ3v) is 3.43. The molecule has 2 rings (SSSR count).